The number of hydrogen-bond acceptors (Lipinski definition) is 2. The standard InChI is InChI=1S/C11H11FIN3/c1-7-6-16(11(14-2)15-7)10-4-3-8(12)5-9(10)13/h3-6H,1-2H3,(H,14,15). The van der Waals surface area contributed by atoms with Gasteiger partial charge < -0.3 is 5.32 Å². The van der Waals surface area contributed by atoms with Gasteiger partial charge in [-0.3, -0.25) is 4.57 Å². The molecule has 1 aromatic heterocycles. The summed E-state index contributed by atoms with van der Waals surface area (Å²) in [6.07, 6.45) is 1.92. The van der Waals surface area contributed by atoms with E-state index < -0.39 is 0 Å². The van der Waals surface area contributed by atoms with E-state index in [1.54, 1.807) is 6.07 Å². The number of nitrogens with one attached hydrogen (secondary N) is 1. The molecule has 0 bridgehead atoms. The Morgan fingerprint density at radius 1 is 1.44 bits per heavy atom. The molecule has 0 radical (unpaired) electrons. The van der Waals surface area contributed by atoms with Crippen molar-refractivity contribution in [3.05, 3.63) is 39.5 Å². The van der Waals surface area contributed by atoms with Crippen LogP contribution in [0.5, 0.6) is 0 Å². The second-order valence-electron chi connectivity index (χ2n) is 3.42. The van der Waals surface area contributed by atoms with E-state index in [1.807, 2.05) is 24.7 Å². The molecule has 84 valence electrons. The number of anilines is 1. The molecule has 1 N–H and O–H groups in total. The number of rotatable bonds is 2. The zero-order valence-corrected chi connectivity index (χ0v) is 11.1. The van der Waals surface area contributed by atoms with Gasteiger partial charge in [-0.15, -0.1) is 0 Å². The molecule has 0 fully saturated rings. The molecule has 0 aliphatic carbocycles. The van der Waals surface area contributed by atoms with Crippen LogP contribution in [0, 0.1) is 16.3 Å². The SMILES string of the molecule is CNc1nc(C)cn1-c1ccc(F)cc1I. The number of aromatic nitrogens is 2. The Morgan fingerprint density at radius 3 is 2.81 bits per heavy atom. The normalized spacial score (nSPS) is 10.5. The highest BCUT2D eigenvalue weighted by molar-refractivity contribution is 14.1. The minimum absolute atomic E-state index is 0.226. The van der Waals surface area contributed by atoms with Crippen molar-refractivity contribution in [3.8, 4) is 5.69 Å². The van der Waals surface area contributed by atoms with Crippen LogP contribution in [-0.2, 0) is 0 Å². The Bertz CT molecular complexity index is 522. The minimum atomic E-state index is -0.226. The summed E-state index contributed by atoms with van der Waals surface area (Å²) in [6, 6.07) is 4.70. The van der Waals surface area contributed by atoms with Gasteiger partial charge in [0.1, 0.15) is 5.82 Å². The molecule has 0 spiro atoms. The zero-order valence-electron chi connectivity index (χ0n) is 8.96. The topological polar surface area (TPSA) is 29.9 Å². The molecule has 2 rings (SSSR count). The van der Waals surface area contributed by atoms with Crippen molar-refractivity contribution in [1.29, 1.82) is 0 Å². The van der Waals surface area contributed by atoms with E-state index in [1.165, 1.54) is 12.1 Å². The summed E-state index contributed by atoms with van der Waals surface area (Å²) >= 11 is 2.12. The molecule has 1 aromatic carbocycles. The number of nitrogens with zero attached hydrogens (tertiary/aromatic N) is 2. The van der Waals surface area contributed by atoms with Gasteiger partial charge in [0.25, 0.3) is 0 Å². The molecule has 0 saturated heterocycles. The Morgan fingerprint density at radius 2 is 2.19 bits per heavy atom. The average Bonchev–Trinajstić information content (AvgIpc) is 2.59. The van der Waals surface area contributed by atoms with Gasteiger partial charge in [0.2, 0.25) is 5.95 Å². The first-order valence-electron chi connectivity index (χ1n) is 4.81. The summed E-state index contributed by atoms with van der Waals surface area (Å²) in [5, 5.41) is 3.01. The molecular formula is C11H11FIN3. The van der Waals surface area contributed by atoms with Crippen LogP contribution in [0.3, 0.4) is 0 Å². The second kappa shape index (κ2) is 4.40. The predicted molar refractivity (Wildman–Crippen MR) is 70.5 cm³/mol. The van der Waals surface area contributed by atoms with Crippen LogP contribution in [-0.4, -0.2) is 16.6 Å². The van der Waals surface area contributed by atoms with E-state index in [4.69, 9.17) is 0 Å². The highest BCUT2D eigenvalue weighted by atomic mass is 127. The highest BCUT2D eigenvalue weighted by Crippen LogP contribution is 2.22. The summed E-state index contributed by atoms with van der Waals surface area (Å²) < 4.78 is 15.8. The van der Waals surface area contributed by atoms with E-state index in [0.717, 1.165) is 20.9 Å². The van der Waals surface area contributed by atoms with Gasteiger partial charge >= 0.3 is 0 Å². The van der Waals surface area contributed by atoms with E-state index >= 15 is 0 Å². The third kappa shape index (κ3) is 2.04. The molecule has 0 aliphatic heterocycles. The Balaban J connectivity index is 2.57. The molecular weight excluding hydrogens is 320 g/mol. The molecule has 0 unspecified atom stereocenters. The lowest BCUT2D eigenvalue weighted by molar-refractivity contribution is 0.626. The average molecular weight is 331 g/mol. The summed E-state index contributed by atoms with van der Waals surface area (Å²) in [5.74, 6) is 0.526. The summed E-state index contributed by atoms with van der Waals surface area (Å²) in [7, 11) is 1.81. The smallest absolute Gasteiger partial charge is 0.207 e. The van der Waals surface area contributed by atoms with E-state index in [2.05, 4.69) is 32.9 Å². The maximum absolute atomic E-state index is 13.0. The van der Waals surface area contributed by atoms with Gasteiger partial charge in [0.15, 0.2) is 0 Å². The lowest BCUT2D eigenvalue weighted by Crippen LogP contribution is -2.02. The van der Waals surface area contributed by atoms with Crippen LogP contribution < -0.4 is 5.32 Å². The Kier molecular flexibility index (Phi) is 3.13. The van der Waals surface area contributed by atoms with E-state index in [0.29, 0.717) is 0 Å². The quantitative estimate of drug-likeness (QED) is 0.858. The zero-order chi connectivity index (χ0) is 11.7. The van der Waals surface area contributed by atoms with Gasteiger partial charge in [-0.1, -0.05) is 0 Å². The van der Waals surface area contributed by atoms with Gasteiger partial charge in [-0.05, 0) is 47.7 Å². The first kappa shape index (κ1) is 11.4. The molecule has 0 aliphatic rings. The van der Waals surface area contributed by atoms with Crippen molar-refractivity contribution >= 4 is 28.5 Å². The minimum Gasteiger partial charge on any atom is -0.358 e. The number of halogens is 2. The maximum Gasteiger partial charge on any atom is 0.207 e. The molecule has 1 heterocycles. The molecule has 0 atom stereocenters. The largest absolute Gasteiger partial charge is 0.358 e. The van der Waals surface area contributed by atoms with Gasteiger partial charge in [-0.25, -0.2) is 9.37 Å². The van der Waals surface area contributed by atoms with Crippen LogP contribution in [0.1, 0.15) is 5.69 Å². The van der Waals surface area contributed by atoms with Crippen LogP contribution in [0.2, 0.25) is 0 Å². The fraction of sp³-hybridized carbons (Fsp3) is 0.182. The van der Waals surface area contributed by atoms with Crippen LogP contribution >= 0.6 is 22.6 Å². The van der Waals surface area contributed by atoms with Crippen molar-refractivity contribution < 1.29 is 4.39 Å². The summed E-state index contributed by atoms with van der Waals surface area (Å²) in [5.41, 5.74) is 1.84. The molecule has 2 aromatic rings. The van der Waals surface area contributed by atoms with Crippen molar-refractivity contribution in [2.75, 3.05) is 12.4 Å². The number of aryl methyl sites for hydroxylation is 1. The summed E-state index contributed by atoms with van der Waals surface area (Å²) in [6.45, 7) is 1.92. The fourth-order valence-electron chi connectivity index (χ4n) is 1.53. The highest BCUT2D eigenvalue weighted by Gasteiger charge is 2.09. The maximum atomic E-state index is 13.0. The molecule has 5 heteroatoms. The summed E-state index contributed by atoms with van der Waals surface area (Å²) in [4.78, 5) is 4.32. The third-order valence-corrected chi connectivity index (χ3v) is 3.08. The number of imidazole rings is 1. The fourth-order valence-corrected chi connectivity index (χ4v) is 2.27. The van der Waals surface area contributed by atoms with E-state index in [-0.39, 0.29) is 5.82 Å². The Labute approximate surface area is 107 Å². The van der Waals surface area contributed by atoms with Crippen molar-refractivity contribution in [3.63, 3.8) is 0 Å². The second-order valence-corrected chi connectivity index (χ2v) is 4.58. The molecule has 16 heavy (non-hydrogen) atoms. The van der Waals surface area contributed by atoms with Gasteiger partial charge in [-0.2, -0.15) is 0 Å². The van der Waals surface area contributed by atoms with Crippen LogP contribution in [0.15, 0.2) is 24.4 Å². The van der Waals surface area contributed by atoms with Gasteiger partial charge in [0, 0.05) is 16.8 Å². The first-order valence-corrected chi connectivity index (χ1v) is 5.89. The molecule has 0 saturated carbocycles. The predicted octanol–water partition coefficient (Wildman–Crippen LogP) is 2.97. The first-order chi connectivity index (χ1) is 7.61. The number of benzene rings is 1. The van der Waals surface area contributed by atoms with Crippen molar-refractivity contribution in [1.82, 2.24) is 9.55 Å². The monoisotopic (exact) mass is 331 g/mol. The van der Waals surface area contributed by atoms with E-state index in [9.17, 15) is 4.39 Å². The van der Waals surface area contributed by atoms with Crippen LogP contribution in [0.4, 0.5) is 10.3 Å². The lowest BCUT2D eigenvalue weighted by atomic mass is 10.3. The molecule has 0 amide bonds. The van der Waals surface area contributed by atoms with Gasteiger partial charge in [0.05, 0.1) is 11.4 Å². The van der Waals surface area contributed by atoms with Crippen molar-refractivity contribution in [2.45, 2.75) is 6.92 Å². The van der Waals surface area contributed by atoms with Crippen molar-refractivity contribution in [2.24, 2.45) is 0 Å². The Hall–Kier alpha value is -1.11. The third-order valence-electron chi connectivity index (χ3n) is 2.22. The number of hydrogen-bond donors (Lipinski definition) is 1. The van der Waals surface area contributed by atoms with Crippen LogP contribution in [0.25, 0.3) is 5.69 Å². The molecule has 3 nitrogen and oxygen atoms in total. The lowest BCUT2D eigenvalue weighted by Gasteiger charge is -2.08.